The van der Waals surface area contributed by atoms with Gasteiger partial charge in [0.15, 0.2) is 0 Å². The van der Waals surface area contributed by atoms with Crippen molar-refractivity contribution in [3.8, 4) is 0 Å². The molecule has 0 aliphatic carbocycles. The fourth-order valence-electron chi connectivity index (χ4n) is 8.00. The summed E-state index contributed by atoms with van der Waals surface area (Å²) < 4.78 is 15.8. The summed E-state index contributed by atoms with van der Waals surface area (Å²) >= 11 is 0. The molecule has 0 spiro atoms. The van der Waals surface area contributed by atoms with Crippen LogP contribution >= 0.6 is 0 Å². The van der Waals surface area contributed by atoms with Gasteiger partial charge in [-0.2, -0.15) is 0 Å². The number of ether oxygens (including phenoxy) is 3. The van der Waals surface area contributed by atoms with E-state index in [0.29, 0.717) is 38.5 Å². The first-order valence-electron chi connectivity index (χ1n) is 23.9. The van der Waals surface area contributed by atoms with Gasteiger partial charge in [-0.25, -0.2) is 0 Å². The molecule has 4 atom stereocenters. The van der Waals surface area contributed by atoms with Gasteiger partial charge in [0, 0.05) is 75.4 Å². The number of carbonyl (C=O) groups is 6. The zero-order valence-corrected chi connectivity index (χ0v) is 39.7. The van der Waals surface area contributed by atoms with Gasteiger partial charge >= 0.3 is 11.9 Å². The SMILES string of the molecule is C1CCOC1.CCC(=O)CC1CCCCN(C)CCCCC(CCC(=O)OC(C)(C)C)C1=O.CCC(=O)CC1CCCCNCCCCC(CCC(=O)OC(C)(C)C)C1=O. The molecule has 3 fully saturated rings. The molecule has 0 bridgehead atoms. The summed E-state index contributed by atoms with van der Waals surface area (Å²) in [6.07, 6.45) is 17.0. The molecule has 4 unspecified atom stereocenters. The number of Topliss-reactive ketones (excluding diaryl/α,β-unsaturated/α-hetero) is 4. The monoisotopic (exact) mass is 849 g/mol. The minimum atomic E-state index is -0.506. The van der Waals surface area contributed by atoms with E-state index in [1.807, 2.05) is 55.4 Å². The summed E-state index contributed by atoms with van der Waals surface area (Å²) in [5, 5.41) is 3.45. The number of ketones is 4. The van der Waals surface area contributed by atoms with E-state index in [2.05, 4.69) is 17.3 Å². The van der Waals surface area contributed by atoms with E-state index in [-0.39, 0.29) is 71.6 Å². The highest BCUT2D eigenvalue weighted by Crippen LogP contribution is 2.29. The number of nitrogens with one attached hydrogen (secondary N) is 1. The average molecular weight is 849 g/mol. The van der Waals surface area contributed by atoms with E-state index in [4.69, 9.17) is 14.2 Å². The normalized spacial score (nSPS) is 23.4. The molecular formula is C49H88N2O9. The summed E-state index contributed by atoms with van der Waals surface area (Å²) in [4.78, 5) is 77.1. The van der Waals surface area contributed by atoms with Crippen molar-refractivity contribution in [3.05, 3.63) is 0 Å². The Balaban J connectivity index is 0.000000535. The second kappa shape index (κ2) is 31.4. The van der Waals surface area contributed by atoms with Crippen LogP contribution in [0.1, 0.15) is 197 Å². The van der Waals surface area contributed by atoms with E-state index >= 15 is 0 Å². The van der Waals surface area contributed by atoms with Crippen LogP contribution < -0.4 is 5.32 Å². The lowest BCUT2D eigenvalue weighted by Gasteiger charge is -2.25. The Bertz CT molecular complexity index is 1240. The summed E-state index contributed by atoms with van der Waals surface area (Å²) in [7, 11) is 2.15. The van der Waals surface area contributed by atoms with Crippen molar-refractivity contribution in [1.29, 1.82) is 0 Å². The first-order chi connectivity index (χ1) is 28.3. The molecule has 11 nitrogen and oxygen atoms in total. The number of hydrogen-bond donors (Lipinski definition) is 1. The van der Waals surface area contributed by atoms with Gasteiger partial charge in [-0.3, -0.25) is 28.8 Å². The minimum Gasteiger partial charge on any atom is -0.460 e. The van der Waals surface area contributed by atoms with E-state index in [1.165, 1.54) is 12.8 Å². The number of rotatable bonds is 12. The molecule has 3 heterocycles. The van der Waals surface area contributed by atoms with E-state index < -0.39 is 11.2 Å². The molecule has 0 amide bonds. The lowest BCUT2D eigenvalue weighted by Crippen LogP contribution is -2.29. The van der Waals surface area contributed by atoms with E-state index in [1.54, 1.807) is 0 Å². The van der Waals surface area contributed by atoms with E-state index in [9.17, 15) is 28.8 Å². The van der Waals surface area contributed by atoms with Gasteiger partial charge in [-0.05, 0) is 152 Å². The number of nitrogens with zero attached hydrogens (tertiary/aromatic N) is 1. The topological polar surface area (TPSA) is 145 Å². The highest BCUT2D eigenvalue weighted by molar-refractivity contribution is 5.90. The quantitative estimate of drug-likeness (QED) is 0.188. The molecule has 348 valence electrons. The summed E-state index contributed by atoms with van der Waals surface area (Å²) in [6.45, 7) is 20.9. The Morgan fingerprint density at radius 3 is 1.28 bits per heavy atom. The molecule has 3 aliphatic rings. The minimum absolute atomic E-state index is 0.146. The maximum Gasteiger partial charge on any atom is 0.306 e. The Labute approximate surface area is 365 Å². The van der Waals surface area contributed by atoms with Crippen molar-refractivity contribution in [3.63, 3.8) is 0 Å². The van der Waals surface area contributed by atoms with Gasteiger partial charge in [0.1, 0.15) is 34.3 Å². The lowest BCUT2D eigenvalue weighted by molar-refractivity contribution is -0.156. The Morgan fingerprint density at radius 2 is 0.950 bits per heavy atom. The standard InChI is InChI=1S/C23H41NO4.C22H39NO4.C4H8O/c1-6-20(25)17-19-12-8-10-16-24(5)15-9-7-11-18(22(19)27)13-14-21(26)28-23(2,3)4;1-5-19(24)16-18-11-7-9-15-23-14-8-6-10-17(21(18)26)12-13-20(25)27-22(2,3)4;1-2-4-5-3-1/h18-19H,6-17H2,1-5H3;17-18,23H,5-16H2,1-4H3;1-4H2. The fraction of sp³-hybridized carbons (Fsp3) is 0.878. The van der Waals surface area contributed by atoms with Crippen molar-refractivity contribution in [1.82, 2.24) is 10.2 Å². The second-order valence-electron chi connectivity index (χ2n) is 19.4. The predicted molar refractivity (Wildman–Crippen MR) is 240 cm³/mol. The van der Waals surface area contributed by atoms with Crippen LogP contribution in [-0.2, 0) is 43.0 Å². The fourth-order valence-corrected chi connectivity index (χ4v) is 8.00. The molecule has 0 aromatic rings. The third-order valence-corrected chi connectivity index (χ3v) is 11.4. The molecule has 0 saturated carbocycles. The number of hydrogen-bond acceptors (Lipinski definition) is 11. The summed E-state index contributed by atoms with van der Waals surface area (Å²) in [6, 6.07) is 0. The van der Waals surface area contributed by atoms with Crippen LogP contribution in [0.15, 0.2) is 0 Å². The predicted octanol–water partition coefficient (Wildman–Crippen LogP) is 9.58. The van der Waals surface area contributed by atoms with Crippen LogP contribution in [0.5, 0.6) is 0 Å². The molecule has 3 aliphatic heterocycles. The van der Waals surface area contributed by atoms with Crippen molar-refractivity contribution >= 4 is 35.1 Å². The molecular weight excluding hydrogens is 761 g/mol. The molecule has 3 rings (SSSR count). The average Bonchev–Trinajstić information content (AvgIpc) is 3.77. The van der Waals surface area contributed by atoms with Crippen LogP contribution in [0, 0.1) is 23.7 Å². The zero-order valence-electron chi connectivity index (χ0n) is 39.7. The first-order valence-corrected chi connectivity index (χ1v) is 23.9. The third-order valence-electron chi connectivity index (χ3n) is 11.4. The Hall–Kier alpha value is -2.50. The van der Waals surface area contributed by atoms with Gasteiger partial charge in [-0.15, -0.1) is 0 Å². The Kier molecular flexibility index (Phi) is 29.0. The Morgan fingerprint density at radius 1 is 0.583 bits per heavy atom. The molecule has 1 N–H and O–H groups in total. The first kappa shape index (κ1) is 55.5. The van der Waals surface area contributed by atoms with Crippen LogP contribution in [-0.4, -0.2) is 97.6 Å². The maximum absolute atomic E-state index is 13.3. The van der Waals surface area contributed by atoms with Crippen molar-refractivity contribution in [2.75, 3.05) is 46.4 Å². The van der Waals surface area contributed by atoms with Crippen LogP contribution in [0.3, 0.4) is 0 Å². The largest absolute Gasteiger partial charge is 0.460 e. The highest BCUT2D eigenvalue weighted by Gasteiger charge is 2.31. The number of carbonyl (C=O) groups excluding carboxylic acids is 6. The molecule has 60 heavy (non-hydrogen) atoms. The van der Waals surface area contributed by atoms with Gasteiger partial charge in [0.2, 0.25) is 0 Å². The van der Waals surface area contributed by atoms with Crippen molar-refractivity contribution in [2.24, 2.45) is 23.7 Å². The second-order valence-corrected chi connectivity index (χ2v) is 19.4. The third kappa shape index (κ3) is 28.2. The van der Waals surface area contributed by atoms with Gasteiger partial charge < -0.3 is 24.4 Å². The van der Waals surface area contributed by atoms with Crippen LogP contribution in [0.4, 0.5) is 0 Å². The molecule has 0 radical (unpaired) electrons. The summed E-state index contributed by atoms with van der Waals surface area (Å²) in [5.41, 5.74) is -1.01. The van der Waals surface area contributed by atoms with E-state index in [0.717, 1.165) is 116 Å². The molecule has 0 aromatic heterocycles. The lowest BCUT2D eigenvalue weighted by atomic mass is 9.81. The van der Waals surface area contributed by atoms with Crippen molar-refractivity contribution < 1.29 is 43.0 Å². The highest BCUT2D eigenvalue weighted by atomic mass is 16.6. The van der Waals surface area contributed by atoms with Crippen LogP contribution in [0.25, 0.3) is 0 Å². The van der Waals surface area contributed by atoms with Gasteiger partial charge in [0.25, 0.3) is 0 Å². The maximum atomic E-state index is 13.3. The van der Waals surface area contributed by atoms with Crippen molar-refractivity contribution in [2.45, 2.75) is 208 Å². The smallest absolute Gasteiger partial charge is 0.306 e. The zero-order chi connectivity index (χ0) is 45.0. The van der Waals surface area contributed by atoms with Gasteiger partial charge in [-0.1, -0.05) is 39.5 Å². The summed E-state index contributed by atoms with van der Waals surface area (Å²) in [5.74, 6) is -0.470. The van der Waals surface area contributed by atoms with Crippen LogP contribution in [0.2, 0.25) is 0 Å². The molecule has 11 heteroatoms. The molecule has 0 aromatic carbocycles. The number of esters is 2. The van der Waals surface area contributed by atoms with Gasteiger partial charge in [0.05, 0.1) is 0 Å². The molecule has 3 saturated heterocycles.